The van der Waals surface area contributed by atoms with Crippen molar-refractivity contribution in [2.45, 2.75) is 26.8 Å². The van der Waals surface area contributed by atoms with Crippen molar-refractivity contribution in [1.29, 1.82) is 0 Å². The van der Waals surface area contributed by atoms with Crippen LogP contribution in [0.2, 0.25) is 0 Å². The van der Waals surface area contributed by atoms with E-state index in [4.69, 9.17) is 4.74 Å². The number of benzene rings is 1. The minimum Gasteiger partial charge on any atom is -0.508 e. The van der Waals surface area contributed by atoms with Gasteiger partial charge in [0.15, 0.2) is 0 Å². The molecule has 7 heteroatoms. The van der Waals surface area contributed by atoms with E-state index in [-0.39, 0.29) is 29.0 Å². The van der Waals surface area contributed by atoms with Gasteiger partial charge in [0.25, 0.3) is 11.6 Å². The van der Waals surface area contributed by atoms with Gasteiger partial charge in [0.1, 0.15) is 11.3 Å². The van der Waals surface area contributed by atoms with E-state index >= 15 is 0 Å². The molecule has 0 saturated heterocycles. The molecule has 0 fully saturated rings. The van der Waals surface area contributed by atoms with Crippen LogP contribution < -0.4 is 5.32 Å². The Hall–Kier alpha value is -2.15. The first-order valence-corrected chi connectivity index (χ1v) is 6.72. The van der Waals surface area contributed by atoms with Crippen LogP contribution in [0.4, 0.5) is 5.69 Å². The van der Waals surface area contributed by atoms with Crippen molar-refractivity contribution in [3.63, 3.8) is 0 Å². The molecule has 2 N–H and O–H groups in total. The summed E-state index contributed by atoms with van der Waals surface area (Å²) in [6.07, 6.45) is 0. The number of nitro benzene ring substituents is 1. The van der Waals surface area contributed by atoms with E-state index in [9.17, 15) is 20.0 Å². The molecule has 0 spiro atoms. The van der Waals surface area contributed by atoms with Crippen LogP contribution in [0.5, 0.6) is 5.75 Å². The van der Waals surface area contributed by atoms with Gasteiger partial charge in [-0.25, -0.2) is 0 Å². The minimum atomic E-state index is -0.652. The zero-order valence-corrected chi connectivity index (χ0v) is 12.3. The van der Waals surface area contributed by atoms with E-state index in [0.29, 0.717) is 13.2 Å². The quantitative estimate of drug-likeness (QED) is 0.592. The lowest BCUT2D eigenvalue weighted by molar-refractivity contribution is -0.385. The predicted octanol–water partition coefficient (Wildman–Crippen LogP) is 2.09. The minimum absolute atomic E-state index is 0.108. The molecule has 1 rings (SSSR count). The molecule has 0 aromatic heterocycles. The predicted molar refractivity (Wildman–Crippen MR) is 77.3 cm³/mol. The van der Waals surface area contributed by atoms with Crippen molar-refractivity contribution >= 4 is 11.6 Å². The normalized spacial score (nSPS) is 12.2. The average molecular weight is 296 g/mol. The summed E-state index contributed by atoms with van der Waals surface area (Å²) in [5.74, 6) is -0.690. The summed E-state index contributed by atoms with van der Waals surface area (Å²) in [6.45, 7) is 6.53. The number of nitrogens with zero attached hydrogens (tertiary/aromatic N) is 1. The molecule has 0 heterocycles. The van der Waals surface area contributed by atoms with Crippen molar-refractivity contribution in [2.75, 3.05) is 13.2 Å². The lowest BCUT2D eigenvalue weighted by Gasteiger charge is -2.22. The summed E-state index contributed by atoms with van der Waals surface area (Å²) in [5, 5.41) is 23.1. The Bertz CT molecular complexity index is 516. The lowest BCUT2D eigenvalue weighted by atomic mass is 10.0. The standard InChI is InChI=1S/C14H20N2O5/c1-4-21-8-12(9(2)3)15-14(18)11-7-10(17)5-6-13(11)16(19)20/h5-7,9,12,17H,4,8H2,1-3H3,(H,15,18). The van der Waals surface area contributed by atoms with Gasteiger partial charge >= 0.3 is 0 Å². The van der Waals surface area contributed by atoms with E-state index in [1.54, 1.807) is 0 Å². The Morgan fingerprint density at radius 2 is 2.14 bits per heavy atom. The highest BCUT2D eigenvalue weighted by Crippen LogP contribution is 2.23. The van der Waals surface area contributed by atoms with Crippen molar-refractivity contribution < 1.29 is 19.6 Å². The van der Waals surface area contributed by atoms with Crippen LogP contribution >= 0.6 is 0 Å². The summed E-state index contributed by atoms with van der Waals surface area (Å²) in [5.41, 5.74) is -0.508. The van der Waals surface area contributed by atoms with E-state index in [1.165, 1.54) is 6.07 Å². The second-order valence-corrected chi connectivity index (χ2v) is 4.94. The third kappa shape index (κ3) is 4.71. The van der Waals surface area contributed by atoms with E-state index in [0.717, 1.165) is 12.1 Å². The highest BCUT2D eigenvalue weighted by molar-refractivity contribution is 5.98. The fraction of sp³-hybridized carbons (Fsp3) is 0.500. The summed E-state index contributed by atoms with van der Waals surface area (Å²) in [7, 11) is 0. The molecule has 0 aliphatic rings. The first-order valence-electron chi connectivity index (χ1n) is 6.72. The molecule has 0 saturated carbocycles. The maximum absolute atomic E-state index is 12.2. The molecule has 7 nitrogen and oxygen atoms in total. The van der Waals surface area contributed by atoms with Crippen molar-refractivity contribution in [1.82, 2.24) is 5.32 Å². The fourth-order valence-electron chi connectivity index (χ4n) is 1.76. The molecule has 0 radical (unpaired) electrons. The van der Waals surface area contributed by atoms with Gasteiger partial charge < -0.3 is 15.2 Å². The maximum Gasteiger partial charge on any atom is 0.282 e. The number of phenols is 1. The number of hydrogen-bond acceptors (Lipinski definition) is 5. The molecule has 1 unspecified atom stereocenters. The summed E-state index contributed by atoms with van der Waals surface area (Å²) < 4.78 is 5.30. The molecule has 21 heavy (non-hydrogen) atoms. The highest BCUT2D eigenvalue weighted by Gasteiger charge is 2.24. The topological polar surface area (TPSA) is 102 Å². The summed E-state index contributed by atoms with van der Waals surface area (Å²) in [4.78, 5) is 22.5. The first kappa shape index (κ1) is 16.9. The third-order valence-corrected chi connectivity index (χ3v) is 3.04. The van der Waals surface area contributed by atoms with Crippen molar-refractivity contribution in [2.24, 2.45) is 5.92 Å². The molecular weight excluding hydrogens is 276 g/mol. The van der Waals surface area contributed by atoms with Gasteiger partial charge in [0.2, 0.25) is 0 Å². The Balaban J connectivity index is 2.96. The number of aromatic hydroxyl groups is 1. The third-order valence-electron chi connectivity index (χ3n) is 3.04. The van der Waals surface area contributed by atoms with Crippen LogP contribution in [0.25, 0.3) is 0 Å². The number of rotatable bonds is 7. The Morgan fingerprint density at radius 3 is 2.67 bits per heavy atom. The number of nitro groups is 1. The second-order valence-electron chi connectivity index (χ2n) is 4.94. The van der Waals surface area contributed by atoms with Crippen LogP contribution in [0.1, 0.15) is 31.1 Å². The van der Waals surface area contributed by atoms with Crippen molar-refractivity contribution in [3.8, 4) is 5.75 Å². The van der Waals surface area contributed by atoms with Gasteiger partial charge in [-0.2, -0.15) is 0 Å². The zero-order valence-electron chi connectivity index (χ0n) is 12.3. The molecule has 116 valence electrons. The number of carbonyl (C=O) groups is 1. The number of ether oxygens (including phenoxy) is 1. The van der Waals surface area contributed by atoms with Crippen LogP contribution in [0.3, 0.4) is 0 Å². The number of hydrogen-bond donors (Lipinski definition) is 2. The molecule has 0 aliphatic heterocycles. The van der Waals surface area contributed by atoms with Crippen LogP contribution in [-0.2, 0) is 4.74 Å². The van der Waals surface area contributed by atoms with E-state index in [1.807, 2.05) is 20.8 Å². The first-order chi connectivity index (χ1) is 9.86. The molecule has 0 bridgehead atoms. The number of nitrogens with one attached hydrogen (secondary N) is 1. The van der Waals surface area contributed by atoms with Crippen LogP contribution in [0.15, 0.2) is 18.2 Å². The maximum atomic E-state index is 12.2. The van der Waals surface area contributed by atoms with Crippen molar-refractivity contribution in [3.05, 3.63) is 33.9 Å². The molecule has 1 atom stereocenters. The van der Waals surface area contributed by atoms with E-state index < -0.39 is 10.8 Å². The van der Waals surface area contributed by atoms with Gasteiger partial charge in [-0.1, -0.05) is 13.8 Å². The molecule has 1 aromatic rings. The Labute approximate surface area is 123 Å². The van der Waals surface area contributed by atoms with Crippen LogP contribution in [0, 0.1) is 16.0 Å². The number of carbonyl (C=O) groups excluding carboxylic acids is 1. The number of phenolic OH excluding ortho intramolecular Hbond substituents is 1. The van der Waals surface area contributed by atoms with Gasteiger partial charge in [-0.3, -0.25) is 14.9 Å². The van der Waals surface area contributed by atoms with Gasteiger partial charge in [0, 0.05) is 12.7 Å². The highest BCUT2D eigenvalue weighted by atomic mass is 16.6. The summed E-state index contributed by atoms with van der Waals surface area (Å²) >= 11 is 0. The van der Waals surface area contributed by atoms with Crippen LogP contribution in [-0.4, -0.2) is 35.2 Å². The average Bonchev–Trinajstić information content (AvgIpc) is 2.42. The molecule has 0 aliphatic carbocycles. The second kappa shape index (κ2) is 7.58. The largest absolute Gasteiger partial charge is 0.508 e. The molecule has 1 amide bonds. The SMILES string of the molecule is CCOCC(NC(=O)c1cc(O)ccc1[N+](=O)[O-])C(C)C. The number of amides is 1. The molecular formula is C14H20N2O5. The Morgan fingerprint density at radius 1 is 1.48 bits per heavy atom. The summed E-state index contributed by atoms with van der Waals surface area (Å²) in [6, 6.07) is 3.11. The smallest absolute Gasteiger partial charge is 0.282 e. The lowest BCUT2D eigenvalue weighted by Crippen LogP contribution is -2.42. The van der Waals surface area contributed by atoms with Gasteiger partial charge in [-0.05, 0) is 25.0 Å². The Kier molecular flexibility index (Phi) is 6.10. The van der Waals surface area contributed by atoms with Gasteiger partial charge in [0.05, 0.1) is 17.6 Å². The van der Waals surface area contributed by atoms with E-state index in [2.05, 4.69) is 5.32 Å². The molecule has 1 aromatic carbocycles. The fourth-order valence-corrected chi connectivity index (χ4v) is 1.76. The monoisotopic (exact) mass is 296 g/mol. The van der Waals surface area contributed by atoms with Gasteiger partial charge in [-0.15, -0.1) is 0 Å². The zero-order chi connectivity index (χ0) is 16.0.